The van der Waals surface area contributed by atoms with Gasteiger partial charge in [0.15, 0.2) is 0 Å². The Morgan fingerprint density at radius 1 is 1.00 bits per heavy atom. The Bertz CT molecular complexity index is 933. The Morgan fingerprint density at radius 2 is 1.74 bits per heavy atom. The highest BCUT2D eigenvalue weighted by Crippen LogP contribution is 2.31. The van der Waals surface area contributed by atoms with Crippen LogP contribution < -0.4 is 15.4 Å². The van der Waals surface area contributed by atoms with Crippen molar-refractivity contribution in [1.29, 1.82) is 0 Å². The summed E-state index contributed by atoms with van der Waals surface area (Å²) >= 11 is 6.00. The number of hydrogen-bond acceptors (Lipinski definition) is 5. The minimum absolute atomic E-state index is 0.223. The van der Waals surface area contributed by atoms with E-state index in [9.17, 15) is 13.2 Å². The molecule has 0 aliphatic rings. The maximum atomic E-state index is 12.6. The van der Waals surface area contributed by atoms with Crippen molar-refractivity contribution < 1.29 is 17.9 Å². The van der Waals surface area contributed by atoms with Crippen LogP contribution in [-0.2, 0) is 6.18 Å². The lowest BCUT2D eigenvalue weighted by molar-refractivity contribution is -0.137. The third-order valence-corrected chi connectivity index (χ3v) is 3.78. The summed E-state index contributed by atoms with van der Waals surface area (Å²) in [6.07, 6.45) is -2.87. The highest BCUT2D eigenvalue weighted by Gasteiger charge is 2.29. The van der Waals surface area contributed by atoms with E-state index in [0.717, 1.165) is 12.1 Å². The average molecular weight is 395 g/mol. The fraction of sp³-hybridized carbons (Fsp3) is 0.111. The minimum Gasteiger partial charge on any atom is -0.495 e. The molecule has 0 atom stereocenters. The van der Waals surface area contributed by atoms with Crippen LogP contribution in [0.3, 0.4) is 0 Å². The number of methoxy groups -OCH3 is 1. The summed E-state index contributed by atoms with van der Waals surface area (Å²) in [5.41, 5.74) is 0.321. The Balaban J connectivity index is 1.77. The number of anilines is 4. The van der Waals surface area contributed by atoms with Gasteiger partial charge in [-0.15, -0.1) is 0 Å². The molecule has 1 heterocycles. The maximum absolute atomic E-state index is 12.6. The Hall–Kier alpha value is -3.00. The number of rotatable bonds is 5. The number of benzene rings is 2. The van der Waals surface area contributed by atoms with Crippen molar-refractivity contribution in [3.05, 3.63) is 65.3 Å². The van der Waals surface area contributed by atoms with E-state index < -0.39 is 11.7 Å². The van der Waals surface area contributed by atoms with Crippen LogP contribution in [0, 0.1) is 0 Å². The predicted molar refractivity (Wildman–Crippen MR) is 98.0 cm³/mol. The fourth-order valence-corrected chi connectivity index (χ4v) is 2.45. The number of hydrogen-bond donors (Lipinski definition) is 2. The molecule has 2 aromatic carbocycles. The van der Waals surface area contributed by atoms with E-state index in [-0.39, 0.29) is 5.95 Å². The molecule has 1 aromatic heterocycles. The zero-order valence-corrected chi connectivity index (χ0v) is 14.8. The zero-order valence-electron chi connectivity index (χ0n) is 14.0. The molecular formula is C18H14ClF3N4O. The maximum Gasteiger partial charge on any atom is 0.416 e. The standard InChI is InChI=1S/C18H14ClF3N4O/c1-27-15-7-4-12(19)10-14(15)25-16-8-9-23-17(26-16)24-13-5-2-11(3-6-13)18(20,21)22/h2-10H,1H3,(H2,23,24,25,26). The second-order valence-electron chi connectivity index (χ2n) is 5.44. The van der Waals surface area contributed by atoms with E-state index in [1.807, 2.05) is 0 Å². The van der Waals surface area contributed by atoms with Gasteiger partial charge in [-0.25, -0.2) is 4.98 Å². The number of alkyl halides is 3. The monoisotopic (exact) mass is 394 g/mol. The van der Waals surface area contributed by atoms with E-state index in [4.69, 9.17) is 16.3 Å². The van der Waals surface area contributed by atoms with Crippen LogP contribution in [-0.4, -0.2) is 17.1 Å². The van der Waals surface area contributed by atoms with Crippen molar-refractivity contribution in [3.63, 3.8) is 0 Å². The van der Waals surface area contributed by atoms with E-state index in [0.29, 0.717) is 28.0 Å². The van der Waals surface area contributed by atoms with Crippen molar-refractivity contribution >= 4 is 34.7 Å². The van der Waals surface area contributed by atoms with Crippen molar-refractivity contribution in [1.82, 2.24) is 9.97 Å². The lowest BCUT2D eigenvalue weighted by atomic mass is 10.2. The van der Waals surface area contributed by atoms with Crippen molar-refractivity contribution in [2.75, 3.05) is 17.7 Å². The van der Waals surface area contributed by atoms with Gasteiger partial charge >= 0.3 is 6.18 Å². The molecule has 0 amide bonds. The fourth-order valence-electron chi connectivity index (χ4n) is 2.28. The number of nitrogens with one attached hydrogen (secondary N) is 2. The zero-order chi connectivity index (χ0) is 19.4. The van der Waals surface area contributed by atoms with Crippen LogP contribution in [0.25, 0.3) is 0 Å². The Kier molecular flexibility index (Phi) is 5.36. The second kappa shape index (κ2) is 7.71. The number of halogens is 4. The number of nitrogens with zero attached hydrogens (tertiary/aromatic N) is 2. The average Bonchev–Trinajstić information content (AvgIpc) is 2.62. The molecule has 0 bridgehead atoms. The van der Waals surface area contributed by atoms with Gasteiger partial charge in [-0.1, -0.05) is 11.6 Å². The molecule has 0 radical (unpaired) electrons. The SMILES string of the molecule is COc1ccc(Cl)cc1Nc1ccnc(Nc2ccc(C(F)(F)F)cc2)n1. The highest BCUT2D eigenvalue weighted by atomic mass is 35.5. The van der Waals surface area contributed by atoms with Crippen LogP contribution in [0.4, 0.5) is 36.3 Å². The topological polar surface area (TPSA) is 59.1 Å². The molecular weight excluding hydrogens is 381 g/mol. The van der Waals surface area contributed by atoms with Gasteiger partial charge in [0.25, 0.3) is 0 Å². The van der Waals surface area contributed by atoms with Gasteiger partial charge in [0.1, 0.15) is 11.6 Å². The summed E-state index contributed by atoms with van der Waals surface area (Å²) in [7, 11) is 1.53. The molecule has 0 spiro atoms. The molecule has 9 heteroatoms. The van der Waals surface area contributed by atoms with E-state index in [1.54, 1.807) is 24.3 Å². The first kappa shape index (κ1) is 18.8. The minimum atomic E-state index is -4.38. The lowest BCUT2D eigenvalue weighted by Gasteiger charge is -2.12. The van der Waals surface area contributed by atoms with Gasteiger partial charge in [-0.2, -0.15) is 18.2 Å². The summed E-state index contributed by atoms with van der Waals surface area (Å²) in [5, 5.41) is 6.46. The summed E-state index contributed by atoms with van der Waals surface area (Å²) in [6.45, 7) is 0. The van der Waals surface area contributed by atoms with E-state index in [1.165, 1.54) is 25.4 Å². The van der Waals surface area contributed by atoms with Gasteiger partial charge in [0.05, 0.1) is 18.4 Å². The molecule has 5 nitrogen and oxygen atoms in total. The number of ether oxygens (including phenoxy) is 1. The van der Waals surface area contributed by atoms with Crippen LogP contribution in [0.1, 0.15) is 5.56 Å². The van der Waals surface area contributed by atoms with Gasteiger partial charge in [0, 0.05) is 16.9 Å². The highest BCUT2D eigenvalue weighted by molar-refractivity contribution is 6.31. The van der Waals surface area contributed by atoms with Gasteiger partial charge in [0.2, 0.25) is 5.95 Å². The molecule has 0 saturated heterocycles. The third kappa shape index (κ3) is 4.79. The molecule has 140 valence electrons. The van der Waals surface area contributed by atoms with E-state index >= 15 is 0 Å². The van der Waals surface area contributed by atoms with Crippen LogP contribution in [0.15, 0.2) is 54.7 Å². The summed E-state index contributed by atoms with van der Waals surface area (Å²) in [4.78, 5) is 8.35. The molecule has 0 unspecified atom stereocenters. The molecule has 27 heavy (non-hydrogen) atoms. The van der Waals surface area contributed by atoms with Crippen LogP contribution in [0.5, 0.6) is 5.75 Å². The molecule has 3 aromatic rings. The van der Waals surface area contributed by atoms with Gasteiger partial charge < -0.3 is 15.4 Å². The lowest BCUT2D eigenvalue weighted by Crippen LogP contribution is -2.05. The third-order valence-electron chi connectivity index (χ3n) is 3.55. The summed E-state index contributed by atoms with van der Waals surface area (Å²) in [5.74, 6) is 1.26. The van der Waals surface area contributed by atoms with Crippen molar-refractivity contribution in [2.24, 2.45) is 0 Å². The molecule has 2 N–H and O–H groups in total. The number of aromatic nitrogens is 2. The van der Waals surface area contributed by atoms with Crippen molar-refractivity contribution in [2.45, 2.75) is 6.18 Å². The van der Waals surface area contributed by atoms with Crippen molar-refractivity contribution in [3.8, 4) is 5.75 Å². The van der Waals surface area contributed by atoms with Crippen LogP contribution in [0.2, 0.25) is 5.02 Å². The quantitative estimate of drug-likeness (QED) is 0.586. The Morgan fingerprint density at radius 3 is 2.41 bits per heavy atom. The van der Waals surface area contributed by atoms with Gasteiger partial charge in [-0.3, -0.25) is 0 Å². The Labute approximate surface area is 158 Å². The van der Waals surface area contributed by atoms with Crippen LogP contribution >= 0.6 is 11.6 Å². The first-order valence-corrected chi connectivity index (χ1v) is 8.11. The molecule has 0 aliphatic heterocycles. The second-order valence-corrected chi connectivity index (χ2v) is 5.87. The molecule has 3 rings (SSSR count). The largest absolute Gasteiger partial charge is 0.495 e. The predicted octanol–water partition coefficient (Wildman–Crippen LogP) is 5.64. The first-order chi connectivity index (χ1) is 12.8. The summed E-state index contributed by atoms with van der Waals surface area (Å²) < 4.78 is 43.1. The molecule has 0 saturated carbocycles. The normalized spacial score (nSPS) is 11.1. The van der Waals surface area contributed by atoms with E-state index in [2.05, 4.69) is 20.6 Å². The molecule has 0 aliphatic carbocycles. The smallest absolute Gasteiger partial charge is 0.416 e. The summed E-state index contributed by atoms with van der Waals surface area (Å²) in [6, 6.07) is 11.3. The van der Waals surface area contributed by atoms with Gasteiger partial charge in [-0.05, 0) is 48.5 Å². The molecule has 0 fully saturated rings. The first-order valence-electron chi connectivity index (χ1n) is 7.73.